The molecule has 4 rings (SSSR count). The zero-order chi connectivity index (χ0) is 15.6. The zero-order valence-corrected chi connectivity index (χ0v) is 12.4. The lowest BCUT2D eigenvalue weighted by Gasteiger charge is -2.08. The van der Waals surface area contributed by atoms with Gasteiger partial charge in [-0.25, -0.2) is 0 Å². The Bertz CT molecular complexity index is 944. The number of fused-ring (bicyclic) bond motifs is 1. The van der Waals surface area contributed by atoms with E-state index in [0.717, 1.165) is 16.8 Å². The second kappa shape index (κ2) is 5.45. The van der Waals surface area contributed by atoms with Gasteiger partial charge in [0.1, 0.15) is 11.4 Å². The highest BCUT2D eigenvalue weighted by atomic mass is 16.5. The number of hydrogen-bond acceptors (Lipinski definition) is 5. The van der Waals surface area contributed by atoms with Gasteiger partial charge in [0.2, 0.25) is 11.8 Å². The van der Waals surface area contributed by atoms with Crippen LogP contribution in [0.15, 0.2) is 55.0 Å². The predicted molar refractivity (Wildman–Crippen MR) is 86.9 cm³/mol. The Morgan fingerprint density at radius 2 is 2.00 bits per heavy atom. The van der Waals surface area contributed by atoms with E-state index in [1.165, 1.54) is 0 Å². The first-order valence-corrected chi connectivity index (χ1v) is 7.12. The molecule has 0 aliphatic carbocycles. The number of ether oxygens (including phenoxy) is 1. The van der Waals surface area contributed by atoms with Crippen LogP contribution >= 0.6 is 0 Å². The number of para-hydroxylation sites is 1. The molecule has 2 N–H and O–H groups in total. The summed E-state index contributed by atoms with van der Waals surface area (Å²) in [5.74, 6) is 1.66. The van der Waals surface area contributed by atoms with Gasteiger partial charge in [0.25, 0.3) is 0 Å². The van der Waals surface area contributed by atoms with E-state index in [0.29, 0.717) is 17.5 Å². The van der Waals surface area contributed by atoms with E-state index in [-0.39, 0.29) is 0 Å². The summed E-state index contributed by atoms with van der Waals surface area (Å²) in [5, 5.41) is 8.07. The largest absolute Gasteiger partial charge is 0.438 e. The Morgan fingerprint density at radius 3 is 2.78 bits per heavy atom. The summed E-state index contributed by atoms with van der Waals surface area (Å²) in [7, 11) is 1.85. The van der Waals surface area contributed by atoms with Gasteiger partial charge in [-0.3, -0.25) is 4.68 Å². The van der Waals surface area contributed by atoms with Crippen molar-refractivity contribution >= 4 is 22.7 Å². The maximum Gasteiger partial charge on any atom is 0.233 e. The number of aromatic amines is 1. The summed E-state index contributed by atoms with van der Waals surface area (Å²) < 4.78 is 7.61. The molecule has 0 unspecified atom stereocenters. The fourth-order valence-electron chi connectivity index (χ4n) is 2.26. The average Bonchev–Trinajstić information content (AvgIpc) is 3.17. The van der Waals surface area contributed by atoms with E-state index >= 15 is 0 Å². The molecule has 7 nitrogen and oxygen atoms in total. The van der Waals surface area contributed by atoms with Gasteiger partial charge in [-0.2, -0.15) is 15.1 Å². The second-order valence-electron chi connectivity index (χ2n) is 5.04. The Hall–Kier alpha value is -3.35. The number of anilines is 2. The van der Waals surface area contributed by atoms with Crippen molar-refractivity contribution < 1.29 is 4.74 Å². The van der Waals surface area contributed by atoms with E-state index in [4.69, 9.17) is 4.74 Å². The van der Waals surface area contributed by atoms with Gasteiger partial charge in [-0.15, -0.1) is 0 Å². The quantitative estimate of drug-likeness (QED) is 0.605. The summed E-state index contributed by atoms with van der Waals surface area (Å²) >= 11 is 0. The molecular formula is C16H14N6O. The molecule has 0 aliphatic heterocycles. The number of hydrogen-bond donors (Lipinski definition) is 2. The molecular weight excluding hydrogens is 292 g/mol. The third-order valence-corrected chi connectivity index (χ3v) is 3.30. The highest BCUT2D eigenvalue weighted by molar-refractivity contribution is 5.82. The van der Waals surface area contributed by atoms with Gasteiger partial charge in [0.15, 0.2) is 0 Å². The van der Waals surface area contributed by atoms with Crippen LogP contribution in [0.1, 0.15) is 0 Å². The molecule has 1 aromatic carbocycles. The van der Waals surface area contributed by atoms with Crippen LogP contribution in [0.5, 0.6) is 11.6 Å². The molecule has 0 amide bonds. The lowest BCUT2D eigenvalue weighted by Crippen LogP contribution is -1.99. The minimum atomic E-state index is 0.443. The molecule has 0 aliphatic rings. The summed E-state index contributed by atoms with van der Waals surface area (Å²) in [6.45, 7) is 0. The molecule has 4 aromatic rings. The summed E-state index contributed by atoms with van der Waals surface area (Å²) in [6.07, 6.45) is 5.37. The number of aromatic nitrogens is 5. The van der Waals surface area contributed by atoms with E-state index in [2.05, 4.69) is 25.4 Å². The van der Waals surface area contributed by atoms with Crippen molar-refractivity contribution in [2.75, 3.05) is 5.32 Å². The number of H-pyrrole nitrogens is 1. The third kappa shape index (κ3) is 2.71. The van der Waals surface area contributed by atoms with Crippen LogP contribution in [0.25, 0.3) is 11.0 Å². The van der Waals surface area contributed by atoms with Crippen LogP contribution < -0.4 is 10.1 Å². The van der Waals surface area contributed by atoms with E-state index in [1.54, 1.807) is 10.9 Å². The standard InChI is InChI=1S/C16H14N6O/c1-22-10-11(9-18-22)19-16-20-14-13(7-8-17-14)15(21-16)23-12-5-3-2-4-6-12/h2-10H,1H3,(H2,17,19,20,21). The lowest BCUT2D eigenvalue weighted by atomic mass is 10.3. The van der Waals surface area contributed by atoms with Crippen molar-refractivity contribution in [3.8, 4) is 11.6 Å². The van der Waals surface area contributed by atoms with Crippen LogP contribution in [-0.2, 0) is 7.05 Å². The zero-order valence-electron chi connectivity index (χ0n) is 12.4. The summed E-state index contributed by atoms with van der Waals surface area (Å²) in [6, 6.07) is 11.4. The third-order valence-electron chi connectivity index (χ3n) is 3.30. The molecule has 0 saturated carbocycles. The van der Waals surface area contributed by atoms with Crippen molar-refractivity contribution in [3.63, 3.8) is 0 Å². The molecule has 0 bridgehead atoms. The molecule has 3 heterocycles. The fraction of sp³-hybridized carbons (Fsp3) is 0.0625. The van der Waals surface area contributed by atoms with Gasteiger partial charge < -0.3 is 15.0 Å². The number of aryl methyl sites for hydroxylation is 1. The topological polar surface area (TPSA) is 80.6 Å². The fourth-order valence-corrected chi connectivity index (χ4v) is 2.26. The van der Waals surface area contributed by atoms with E-state index in [9.17, 15) is 0 Å². The first kappa shape index (κ1) is 13.3. The van der Waals surface area contributed by atoms with Gasteiger partial charge in [0, 0.05) is 19.4 Å². The Labute approximate surface area is 132 Å². The SMILES string of the molecule is Cn1cc(Nc2nc(Oc3ccccc3)c3cc[nH]c3n2)cn1. The number of nitrogens with zero attached hydrogens (tertiary/aromatic N) is 4. The molecule has 7 heteroatoms. The molecule has 0 atom stereocenters. The monoisotopic (exact) mass is 306 g/mol. The lowest BCUT2D eigenvalue weighted by molar-refractivity contribution is 0.469. The average molecular weight is 306 g/mol. The summed E-state index contributed by atoms with van der Waals surface area (Å²) in [5.41, 5.74) is 1.52. The minimum Gasteiger partial charge on any atom is -0.438 e. The smallest absolute Gasteiger partial charge is 0.233 e. The van der Waals surface area contributed by atoms with Crippen LogP contribution in [-0.4, -0.2) is 24.7 Å². The van der Waals surface area contributed by atoms with Gasteiger partial charge in [-0.05, 0) is 18.2 Å². The maximum absolute atomic E-state index is 5.90. The highest BCUT2D eigenvalue weighted by Crippen LogP contribution is 2.28. The van der Waals surface area contributed by atoms with Gasteiger partial charge in [0.05, 0.1) is 17.3 Å². The molecule has 3 aromatic heterocycles. The van der Waals surface area contributed by atoms with Crippen molar-refractivity contribution in [2.45, 2.75) is 0 Å². The molecule has 0 radical (unpaired) electrons. The van der Waals surface area contributed by atoms with Gasteiger partial charge in [-0.1, -0.05) is 18.2 Å². The number of nitrogens with one attached hydrogen (secondary N) is 2. The predicted octanol–water partition coefficient (Wildman–Crippen LogP) is 3.23. The van der Waals surface area contributed by atoms with Crippen molar-refractivity contribution in [2.24, 2.45) is 7.05 Å². The summed E-state index contributed by atoms with van der Waals surface area (Å²) in [4.78, 5) is 12.0. The van der Waals surface area contributed by atoms with Crippen LogP contribution in [0.2, 0.25) is 0 Å². The van der Waals surface area contributed by atoms with E-state index in [1.807, 2.05) is 55.8 Å². The van der Waals surface area contributed by atoms with Crippen LogP contribution in [0.4, 0.5) is 11.6 Å². The Balaban J connectivity index is 1.72. The molecule has 114 valence electrons. The number of benzene rings is 1. The molecule has 0 fully saturated rings. The van der Waals surface area contributed by atoms with Crippen molar-refractivity contribution in [3.05, 3.63) is 55.0 Å². The number of rotatable bonds is 4. The van der Waals surface area contributed by atoms with Gasteiger partial charge >= 0.3 is 0 Å². The maximum atomic E-state index is 5.90. The van der Waals surface area contributed by atoms with Crippen LogP contribution in [0.3, 0.4) is 0 Å². The molecule has 0 saturated heterocycles. The first-order valence-electron chi connectivity index (χ1n) is 7.12. The normalized spacial score (nSPS) is 10.8. The molecule has 23 heavy (non-hydrogen) atoms. The van der Waals surface area contributed by atoms with Crippen molar-refractivity contribution in [1.82, 2.24) is 24.7 Å². The highest BCUT2D eigenvalue weighted by Gasteiger charge is 2.11. The Kier molecular flexibility index (Phi) is 3.16. The minimum absolute atomic E-state index is 0.443. The molecule has 0 spiro atoms. The Morgan fingerprint density at radius 1 is 1.13 bits per heavy atom. The van der Waals surface area contributed by atoms with E-state index < -0.39 is 0 Å². The van der Waals surface area contributed by atoms with Crippen LogP contribution in [0, 0.1) is 0 Å². The first-order chi connectivity index (χ1) is 11.3. The second-order valence-corrected chi connectivity index (χ2v) is 5.04. The van der Waals surface area contributed by atoms with Crippen molar-refractivity contribution in [1.29, 1.82) is 0 Å².